The normalized spacial score (nSPS) is 12.2. The summed E-state index contributed by atoms with van der Waals surface area (Å²) in [5, 5.41) is 3.50. The number of carbonyl (C=O) groups is 2. The van der Waals surface area contributed by atoms with Crippen molar-refractivity contribution >= 4 is 34.6 Å². The second-order valence-electron chi connectivity index (χ2n) is 5.37. The fourth-order valence-electron chi connectivity index (χ4n) is 2.33. The van der Waals surface area contributed by atoms with Crippen molar-refractivity contribution in [3.63, 3.8) is 0 Å². The minimum absolute atomic E-state index is 0.419. The van der Waals surface area contributed by atoms with Gasteiger partial charge >= 0.3 is 6.03 Å². The van der Waals surface area contributed by atoms with Crippen LogP contribution in [0.15, 0.2) is 23.2 Å². The number of nitrogens with one attached hydrogen (secondary N) is 1. The molecule has 0 fully saturated rings. The first-order chi connectivity index (χ1) is 10.3. The molecule has 22 heavy (non-hydrogen) atoms. The van der Waals surface area contributed by atoms with Gasteiger partial charge in [0.15, 0.2) is 0 Å². The van der Waals surface area contributed by atoms with E-state index in [9.17, 15) is 9.59 Å². The predicted octanol–water partition coefficient (Wildman–Crippen LogP) is 2.84. The summed E-state index contributed by atoms with van der Waals surface area (Å²) in [6.07, 6.45) is 0. The molecule has 0 aliphatic rings. The number of amides is 3. The van der Waals surface area contributed by atoms with Gasteiger partial charge in [-0.1, -0.05) is 23.4 Å². The average Bonchev–Trinajstić information content (AvgIpc) is 2.39. The standard InChI is InChI=1S/C16H19N3O2S/c1-8-5-10(3)14-12(6-8)9(2)7-13(18-14)22-11(4)15(20)19-16(17)21/h5-7,11H,1-4H3,(H3,17,19,20,21)/t11-/m0/s1. The largest absolute Gasteiger partial charge is 0.351 e. The van der Waals surface area contributed by atoms with Gasteiger partial charge in [-0.3, -0.25) is 10.1 Å². The van der Waals surface area contributed by atoms with Crippen molar-refractivity contribution < 1.29 is 9.59 Å². The van der Waals surface area contributed by atoms with E-state index in [1.54, 1.807) is 6.92 Å². The lowest BCUT2D eigenvalue weighted by molar-refractivity contribution is -0.119. The van der Waals surface area contributed by atoms with Gasteiger partial charge in [0, 0.05) is 5.39 Å². The first kappa shape index (κ1) is 16.3. The van der Waals surface area contributed by atoms with Crippen LogP contribution in [-0.4, -0.2) is 22.2 Å². The molecule has 3 N–H and O–H groups in total. The molecule has 0 bridgehead atoms. The number of nitrogens with zero attached hydrogens (tertiary/aromatic N) is 1. The zero-order valence-electron chi connectivity index (χ0n) is 13.1. The topological polar surface area (TPSA) is 85.1 Å². The smallest absolute Gasteiger partial charge is 0.318 e. The van der Waals surface area contributed by atoms with Gasteiger partial charge in [0.05, 0.1) is 15.8 Å². The zero-order valence-corrected chi connectivity index (χ0v) is 13.9. The zero-order chi connectivity index (χ0) is 16.4. The Morgan fingerprint density at radius 1 is 1.18 bits per heavy atom. The number of thioether (sulfide) groups is 1. The highest BCUT2D eigenvalue weighted by atomic mass is 32.2. The van der Waals surface area contributed by atoms with Crippen molar-refractivity contribution in [2.75, 3.05) is 0 Å². The van der Waals surface area contributed by atoms with Gasteiger partial charge in [-0.25, -0.2) is 9.78 Å². The second kappa shape index (κ2) is 6.36. The molecule has 0 aliphatic heterocycles. The second-order valence-corrected chi connectivity index (χ2v) is 6.73. The average molecular weight is 317 g/mol. The fraction of sp³-hybridized carbons (Fsp3) is 0.312. The van der Waals surface area contributed by atoms with Crippen LogP contribution in [0.25, 0.3) is 10.9 Å². The van der Waals surface area contributed by atoms with E-state index >= 15 is 0 Å². The van der Waals surface area contributed by atoms with E-state index in [-0.39, 0.29) is 0 Å². The molecular formula is C16H19N3O2S. The van der Waals surface area contributed by atoms with Crippen molar-refractivity contribution in [3.05, 3.63) is 34.9 Å². The highest BCUT2D eigenvalue weighted by molar-refractivity contribution is 8.00. The summed E-state index contributed by atoms with van der Waals surface area (Å²) in [5.41, 5.74) is 9.32. The molecule has 1 aromatic carbocycles. The van der Waals surface area contributed by atoms with Crippen LogP contribution in [0.2, 0.25) is 0 Å². The number of hydrogen-bond donors (Lipinski definition) is 2. The van der Waals surface area contributed by atoms with Gasteiger partial charge in [0.2, 0.25) is 5.91 Å². The number of benzene rings is 1. The maximum absolute atomic E-state index is 11.8. The molecule has 0 unspecified atom stereocenters. The third kappa shape index (κ3) is 3.57. The molecule has 0 aliphatic carbocycles. The summed E-state index contributed by atoms with van der Waals surface area (Å²) in [6.45, 7) is 7.83. The maximum atomic E-state index is 11.8. The Morgan fingerprint density at radius 2 is 1.86 bits per heavy atom. The molecule has 0 radical (unpaired) electrons. The van der Waals surface area contributed by atoms with Crippen LogP contribution in [0.3, 0.4) is 0 Å². The first-order valence-corrected chi connectivity index (χ1v) is 7.81. The van der Waals surface area contributed by atoms with Crippen LogP contribution in [0.1, 0.15) is 23.6 Å². The SMILES string of the molecule is Cc1cc(C)c2nc(S[C@@H](C)C(=O)NC(N)=O)cc(C)c2c1. The lowest BCUT2D eigenvalue weighted by Crippen LogP contribution is -2.39. The minimum Gasteiger partial charge on any atom is -0.351 e. The number of imide groups is 1. The number of rotatable bonds is 3. The van der Waals surface area contributed by atoms with Crippen molar-refractivity contribution in [1.82, 2.24) is 10.3 Å². The molecule has 2 rings (SSSR count). The lowest BCUT2D eigenvalue weighted by Gasteiger charge is -2.12. The van der Waals surface area contributed by atoms with E-state index in [0.29, 0.717) is 0 Å². The van der Waals surface area contributed by atoms with Crippen LogP contribution in [0, 0.1) is 20.8 Å². The quantitative estimate of drug-likeness (QED) is 0.852. The number of aromatic nitrogens is 1. The first-order valence-electron chi connectivity index (χ1n) is 6.93. The molecule has 0 spiro atoms. The number of nitrogens with two attached hydrogens (primary N) is 1. The Hall–Kier alpha value is -2.08. The molecule has 2 aromatic rings. The van der Waals surface area contributed by atoms with Crippen molar-refractivity contribution in [2.24, 2.45) is 5.73 Å². The molecule has 116 valence electrons. The Balaban J connectivity index is 2.33. The van der Waals surface area contributed by atoms with Crippen molar-refractivity contribution in [2.45, 2.75) is 38.0 Å². The highest BCUT2D eigenvalue weighted by Gasteiger charge is 2.17. The summed E-state index contributed by atoms with van der Waals surface area (Å²) < 4.78 is 0. The Kier molecular flexibility index (Phi) is 4.71. The molecule has 0 saturated heterocycles. The molecule has 5 nitrogen and oxygen atoms in total. The molecule has 1 aromatic heterocycles. The van der Waals surface area contributed by atoms with E-state index in [0.717, 1.165) is 27.1 Å². The van der Waals surface area contributed by atoms with Gasteiger partial charge in [0.25, 0.3) is 0 Å². The Bertz CT molecular complexity index is 759. The highest BCUT2D eigenvalue weighted by Crippen LogP contribution is 2.28. The van der Waals surface area contributed by atoms with Gasteiger partial charge in [-0.2, -0.15) is 0 Å². The maximum Gasteiger partial charge on any atom is 0.318 e. The van der Waals surface area contributed by atoms with Crippen LogP contribution >= 0.6 is 11.8 Å². The Morgan fingerprint density at radius 3 is 2.50 bits per heavy atom. The molecule has 3 amide bonds. The summed E-state index contributed by atoms with van der Waals surface area (Å²) in [4.78, 5) is 27.1. The predicted molar refractivity (Wildman–Crippen MR) is 89.0 cm³/mol. The van der Waals surface area contributed by atoms with E-state index in [1.165, 1.54) is 17.3 Å². The van der Waals surface area contributed by atoms with Gasteiger partial charge in [-0.15, -0.1) is 0 Å². The third-order valence-electron chi connectivity index (χ3n) is 3.34. The fourth-order valence-corrected chi connectivity index (χ4v) is 3.25. The summed E-state index contributed by atoms with van der Waals surface area (Å²) >= 11 is 1.30. The third-order valence-corrected chi connectivity index (χ3v) is 4.36. The van der Waals surface area contributed by atoms with E-state index < -0.39 is 17.2 Å². The van der Waals surface area contributed by atoms with E-state index in [4.69, 9.17) is 5.73 Å². The number of hydrogen-bond acceptors (Lipinski definition) is 4. The number of primary amides is 1. The van der Waals surface area contributed by atoms with Crippen molar-refractivity contribution in [1.29, 1.82) is 0 Å². The summed E-state index contributed by atoms with van der Waals surface area (Å²) in [7, 11) is 0. The number of urea groups is 1. The number of fused-ring (bicyclic) bond motifs is 1. The summed E-state index contributed by atoms with van der Waals surface area (Å²) in [6, 6.07) is 5.32. The van der Waals surface area contributed by atoms with Gasteiger partial charge < -0.3 is 5.73 Å². The van der Waals surface area contributed by atoms with Crippen molar-refractivity contribution in [3.8, 4) is 0 Å². The Labute approximate surface area is 133 Å². The minimum atomic E-state index is -0.841. The molecule has 6 heteroatoms. The lowest BCUT2D eigenvalue weighted by atomic mass is 10.0. The van der Waals surface area contributed by atoms with Crippen LogP contribution < -0.4 is 11.1 Å². The molecular weight excluding hydrogens is 298 g/mol. The van der Waals surface area contributed by atoms with Crippen LogP contribution in [0.5, 0.6) is 0 Å². The number of carbonyl (C=O) groups excluding carboxylic acids is 2. The van der Waals surface area contributed by atoms with Gasteiger partial charge in [-0.05, 0) is 51.0 Å². The number of aryl methyl sites for hydroxylation is 3. The van der Waals surface area contributed by atoms with E-state index in [2.05, 4.69) is 29.4 Å². The monoisotopic (exact) mass is 317 g/mol. The van der Waals surface area contributed by atoms with E-state index in [1.807, 2.05) is 19.9 Å². The summed E-state index contributed by atoms with van der Waals surface area (Å²) in [5.74, 6) is -0.419. The molecule has 1 atom stereocenters. The molecule has 1 heterocycles. The molecule has 0 saturated carbocycles. The van der Waals surface area contributed by atoms with Crippen LogP contribution in [-0.2, 0) is 4.79 Å². The van der Waals surface area contributed by atoms with Gasteiger partial charge in [0.1, 0.15) is 0 Å². The number of pyridine rings is 1. The van der Waals surface area contributed by atoms with Crippen LogP contribution in [0.4, 0.5) is 4.79 Å².